The number of halogens is 3. The number of nitrogens with zero attached hydrogens (tertiary/aromatic N) is 1. The molecule has 0 aromatic carbocycles. The fourth-order valence-electron chi connectivity index (χ4n) is 1.57. The molecule has 0 saturated carbocycles. The second-order valence-electron chi connectivity index (χ2n) is 4.70. The highest BCUT2D eigenvalue weighted by atomic mass is 19.4. The van der Waals surface area contributed by atoms with Gasteiger partial charge in [-0.25, -0.2) is 9.78 Å². The van der Waals surface area contributed by atoms with Gasteiger partial charge in [0.05, 0.1) is 7.11 Å². The van der Waals surface area contributed by atoms with E-state index in [1.807, 2.05) is 13.8 Å². The van der Waals surface area contributed by atoms with Crippen LogP contribution in [-0.4, -0.2) is 41.2 Å². The lowest BCUT2D eigenvalue weighted by atomic mass is 10.1. The molecule has 2 N–H and O–H groups in total. The number of amides is 1. The molecule has 1 rings (SSSR count). The number of hydrogen-bond acceptors (Lipinski definition) is 4. The fourth-order valence-corrected chi connectivity index (χ4v) is 1.57. The Morgan fingerprint density at radius 3 is 2.48 bits per heavy atom. The Morgan fingerprint density at radius 2 is 2.05 bits per heavy atom. The highest BCUT2D eigenvalue weighted by molar-refractivity contribution is 5.87. The van der Waals surface area contributed by atoms with Gasteiger partial charge in [-0.3, -0.25) is 4.79 Å². The lowest BCUT2D eigenvalue weighted by molar-refractivity contribution is -0.175. The number of nitrogens with one attached hydrogen (secondary N) is 2. The van der Waals surface area contributed by atoms with Crippen molar-refractivity contribution in [1.29, 1.82) is 0 Å². The van der Waals surface area contributed by atoms with Crippen LogP contribution in [0, 0.1) is 0 Å². The van der Waals surface area contributed by atoms with Gasteiger partial charge in [0.2, 0.25) is 0 Å². The average molecular weight is 307 g/mol. The molecule has 0 spiro atoms. The SMILES string of the molecule is COC(=O)[C@H](Cc1cnc(C(C)C)[nH]1)NC(=O)C(F)(F)F. The molecule has 0 radical (unpaired) electrons. The van der Waals surface area contributed by atoms with Crippen LogP contribution in [0.5, 0.6) is 0 Å². The minimum Gasteiger partial charge on any atom is -0.467 e. The largest absolute Gasteiger partial charge is 0.471 e. The number of methoxy groups -OCH3 is 1. The summed E-state index contributed by atoms with van der Waals surface area (Å²) in [5.41, 5.74) is 0.427. The Labute approximate surface area is 119 Å². The van der Waals surface area contributed by atoms with Crippen LogP contribution in [0.3, 0.4) is 0 Å². The number of aromatic amines is 1. The van der Waals surface area contributed by atoms with Crippen molar-refractivity contribution in [2.45, 2.75) is 38.4 Å². The molecular formula is C12H16F3N3O3. The molecule has 1 aromatic rings. The van der Waals surface area contributed by atoms with Crippen molar-refractivity contribution in [2.75, 3.05) is 7.11 Å². The zero-order chi connectivity index (χ0) is 16.2. The molecule has 0 aliphatic rings. The van der Waals surface area contributed by atoms with Gasteiger partial charge in [0.1, 0.15) is 11.9 Å². The third-order valence-corrected chi connectivity index (χ3v) is 2.67. The maximum Gasteiger partial charge on any atom is 0.471 e. The highest BCUT2D eigenvalue weighted by Gasteiger charge is 2.41. The van der Waals surface area contributed by atoms with Crippen LogP contribution in [0.2, 0.25) is 0 Å². The molecule has 9 heteroatoms. The first-order valence-electron chi connectivity index (χ1n) is 6.14. The van der Waals surface area contributed by atoms with Crippen molar-refractivity contribution in [3.63, 3.8) is 0 Å². The van der Waals surface area contributed by atoms with Crippen LogP contribution in [0.15, 0.2) is 6.20 Å². The molecule has 0 aliphatic heterocycles. The minimum atomic E-state index is -5.07. The summed E-state index contributed by atoms with van der Waals surface area (Å²) >= 11 is 0. The lowest BCUT2D eigenvalue weighted by Gasteiger charge is -2.16. The van der Waals surface area contributed by atoms with E-state index in [4.69, 9.17) is 0 Å². The van der Waals surface area contributed by atoms with E-state index in [1.54, 1.807) is 5.32 Å². The Balaban J connectivity index is 2.83. The first-order chi connectivity index (χ1) is 9.65. The maximum atomic E-state index is 12.2. The van der Waals surface area contributed by atoms with Crippen molar-refractivity contribution in [3.8, 4) is 0 Å². The van der Waals surface area contributed by atoms with Crippen LogP contribution in [-0.2, 0) is 20.7 Å². The normalized spacial score (nSPS) is 13.1. The van der Waals surface area contributed by atoms with E-state index < -0.39 is 24.1 Å². The van der Waals surface area contributed by atoms with Crippen molar-refractivity contribution in [3.05, 3.63) is 17.7 Å². The summed E-state index contributed by atoms with van der Waals surface area (Å²) in [5, 5.41) is 1.61. The molecule has 1 amide bonds. The van der Waals surface area contributed by atoms with Crippen LogP contribution in [0.25, 0.3) is 0 Å². The average Bonchev–Trinajstić information content (AvgIpc) is 2.84. The highest BCUT2D eigenvalue weighted by Crippen LogP contribution is 2.16. The lowest BCUT2D eigenvalue weighted by Crippen LogP contribution is -2.48. The Kier molecular flexibility index (Phi) is 5.34. The summed E-state index contributed by atoms with van der Waals surface area (Å²) in [7, 11) is 1.03. The summed E-state index contributed by atoms with van der Waals surface area (Å²) in [6.07, 6.45) is -3.83. The van der Waals surface area contributed by atoms with E-state index in [9.17, 15) is 22.8 Å². The third-order valence-electron chi connectivity index (χ3n) is 2.67. The first-order valence-corrected chi connectivity index (χ1v) is 6.14. The number of esters is 1. The number of alkyl halides is 3. The maximum absolute atomic E-state index is 12.2. The molecule has 118 valence electrons. The molecule has 6 nitrogen and oxygen atoms in total. The standard InChI is InChI=1S/C12H16F3N3O3/c1-6(2)9-16-5-7(17-9)4-8(10(19)21-3)18-11(20)12(13,14)15/h5-6,8H,4H2,1-3H3,(H,16,17)(H,18,20)/t8-/m0/s1. The van der Waals surface area contributed by atoms with Crippen LogP contribution in [0.4, 0.5) is 13.2 Å². The van der Waals surface area contributed by atoms with Gasteiger partial charge in [0, 0.05) is 24.2 Å². The Morgan fingerprint density at radius 1 is 1.43 bits per heavy atom. The molecule has 1 atom stereocenters. The molecule has 0 bridgehead atoms. The van der Waals surface area contributed by atoms with Gasteiger partial charge in [-0.05, 0) is 0 Å². The Bertz CT molecular complexity index is 511. The van der Waals surface area contributed by atoms with Gasteiger partial charge in [-0.2, -0.15) is 13.2 Å². The molecular weight excluding hydrogens is 291 g/mol. The number of carbonyl (C=O) groups excluding carboxylic acids is 2. The summed E-state index contributed by atoms with van der Waals surface area (Å²) in [6.45, 7) is 3.76. The van der Waals surface area contributed by atoms with Gasteiger partial charge in [0.25, 0.3) is 0 Å². The monoisotopic (exact) mass is 307 g/mol. The van der Waals surface area contributed by atoms with E-state index in [0.717, 1.165) is 7.11 Å². The van der Waals surface area contributed by atoms with Gasteiger partial charge in [-0.15, -0.1) is 0 Å². The molecule has 0 fully saturated rings. The summed E-state index contributed by atoms with van der Waals surface area (Å²) < 4.78 is 41.1. The van der Waals surface area contributed by atoms with Gasteiger partial charge in [-0.1, -0.05) is 13.8 Å². The van der Waals surface area contributed by atoms with Crippen LogP contribution in [0.1, 0.15) is 31.3 Å². The molecule has 0 saturated heterocycles. The number of aromatic nitrogens is 2. The summed E-state index contributed by atoms with van der Waals surface area (Å²) in [4.78, 5) is 29.3. The van der Waals surface area contributed by atoms with Crippen molar-refractivity contribution in [2.24, 2.45) is 0 Å². The molecule has 0 aliphatic carbocycles. The van der Waals surface area contributed by atoms with Gasteiger partial charge >= 0.3 is 18.1 Å². The number of ether oxygens (including phenoxy) is 1. The first kappa shape index (κ1) is 17.0. The van der Waals surface area contributed by atoms with E-state index in [2.05, 4.69) is 14.7 Å². The number of imidazole rings is 1. The van der Waals surface area contributed by atoms with E-state index in [1.165, 1.54) is 6.20 Å². The minimum absolute atomic E-state index is 0.0973. The fraction of sp³-hybridized carbons (Fsp3) is 0.583. The second kappa shape index (κ2) is 6.59. The quantitative estimate of drug-likeness (QED) is 0.803. The predicted octanol–water partition coefficient (Wildman–Crippen LogP) is 1.30. The van der Waals surface area contributed by atoms with Crippen molar-refractivity contribution < 1.29 is 27.5 Å². The predicted molar refractivity (Wildman–Crippen MR) is 66.4 cm³/mol. The smallest absolute Gasteiger partial charge is 0.467 e. The molecule has 0 unspecified atom stereocenters. The summed E-state index contributed by atoms with van der Waals surface area (Å²) in [6, 6.07) is -1.44. The topological polar surface area (TPSA) is 84.1 Å². The zero-order valence-corrected chi connectivity index (χ0v) is 11.7. The van der Waals surface area contributed by atoms with Crippen LogP contribution < -0.4 is 5.32 Å². The van der Waals surface area contributed by atoms with Gasteiger partial charge in [0.15, 0.2) is 0 Å². The molecule has 1 heterocycles. The molecule has 1 aromatic heterocycles. The van der Waals surface area contributed by atoms with Crippen molar-refractivity contribution in [1.82, 2.24) is 15.3 Å². The number of hydrogen-bond donors (Lipinski definition) is 2. The summed E-state index contributed by atoms with van der Waals surface area (Å²) in [5.74, 6) is -2.43. The van der Waals surface area contributed by atoms with E-state index in [0.29, 0.717) is 11.5 Å². The van der Waals surface area contributed by atoms with Gasteiger partial charge < -0.3 is 15.0 Å². The number of rotatable bonds is 5. The van der Waals surface area contributed by atoms with Crippen LogP contribution >= 0.6 is 0 Å². The van der Waals surface area contributed by atoms with E-state index in [-0.39, 0.29) is 12.3 Å². The zero-order valence-electron chi connectivity index (χ0n) is 11.7. The Hall–Kier alpha value is -2.06. The third kappa shape index (κ3) is 4.76. The number of H-pyrrole nitrogens is 1. The van der Waals surface area contributed by atoms with Crippen molar-refractivity contribution >= 4 is 11.9 Å². The molecule has 21 heavy (non-hydrogen) atoms. The van der Waals surface area contributed by atoms with E-state index >= 15 is 0 Å². The number of carbonyl (C=O) groups is 2. The second-order valence-corrected chi connectivity index (χ2v) is 4.70.